The summed E-state index contributed by atoms with van der Waals surface area (Å²) in [5.74, 6) is 0.266. The quantitative estimate of drug-likeness (QED) is 0.803. The van der Waals surface area contributed by atoms with Gasteiger partial charge in [-0.05, 0) is 25.2 Å². The first kappa shape index (κ1) is 16.6. The predicted molar refractivity (Wildman–Crippen MR) is 84.1 cm³/mol. The highest BCUT2D eigenvalue weighted by Gasteiger charge is 2.30. The van der Waals surface area contributed by atoms with Gasteiger partial charge in [0.2, 0.25) is 0 Å². The van der Waals surface area contributed by atoms with Crippen molar-refractivity contribution in [3.8, 4) is 5.75 Å². The van der Waals surface area contributed by atoms with Crippen molar-refractivity contribution in [1.29, 1.82) is 0 Å². The van der Waals surface area contributed by atoms with Crippen LogP contribution in [0.2, 0.25) is 0 Å². The van der Waals surface area contributed by atoms with Crippen molar-refractivity contribution >= 4 is 11.8 Å². The van der Waals surface area contributed by atoms with Gasteiger partial charge in [-0.15, -0.1) is 0 Å². The number of halogens is 2. The molecule has 1 saturated carbocycles. The minimum atomic E-state index is -2.78. The highest BCUT2D eigenvalue weighted by atomic mass is 32.2. The molecule has 1 fully saturated rings. The molecule has 118 valence electrons. The third kappa shape index (κ3) is 4.85. The van der Waals surface area contributed by atoms with Gasteiger partial charge in [-0.2, -0.15) is 20.5 Å². The maximum atomic E-state index is 12.4. The summed E-state index contributed by atoms with van der Waals surface area (Å²) in [5, 5.41) is 3.43. The average Bonchev–Trinajstić information content (AvgIpc) is 2.49. The van der Waals surface area contributed by atoms with Crippen molar-refractivity contribution in [2.75, 3.05) is 12.8 Å². The van der Waals surface area contributed by atoms with Crippen LogP contribution < -0.4 is 10.1 Å². The van der Waals surface area contributed by atoms with Gasteiger partial charge in [-0.3, -0.25) is 0 Å². The molecule has 0 radical (unpaired) electrons. The lowest BCUT2D eigenvalue weighted by Crippen LogP contribution is -2.39. The highest BCUT2D eigenvalue weighted by molar-refractivity contribution is 8.00. The predicted octanol–water partition coefficient (Wildman–Crippen LogP) is 4.44. The summed E-state index contributed by atoms with van der Waals surface area (Å²) in [5.41, 5.74) is 0.782. The molecule has 2 rings (SSSR count). The monoisotopic (exact) mass is 315 g/mol. The van der Waals surface area contributed by atoms with Crippen LogP contribution in [0.5, 0.6) is 5.75 Å². The lowest BCUT2D eigenvalue weighted by Gasteiger charge is -2.36. The molecule has 21 heavy (non-hydrogen) atoms. The number of nitrogens with one attached hydrogen (secondary N) is 1. The fourth-order valence-corrected chi connectivity index (χ4v) is 3.88. The zero-order chi connectivity index (χ0) is 15.1. The van der Waals surface area contributed by atoms with Crippen LogP contribution in [0, 0.1) is 0 Å². The second-order valence-corrected chi connectivity index (χ2v) is 6.81. The number of para-hydroxylation sites is 1. The largest absolute Gasteiger partial charge is 0.434 e. The standard InChI is InChI=1S/C16H23F2NOS/c1-21-16(9-5-2-6-10-16)12-19-11-13-7-3-4-8-14(13)20-15(17)18/h3-4,7-8,15,19H,2,5-6,9-12H2,1H3. The topological polar surface area (TPSA) is 21.3 Å². The molecule has 1 aliphatic rings. The maximum absolute atomic E-state index is 12.4. The van der Waals surface area contributed by atoms with Crippen molar-refractivity contribution in [2.45, 2.75) is 50.0 Å². The van der Waals surface area contributed by atoms with Crippen LogP contribution in [-0.2, 0) is 6.54 Å². The van der Waals surface area contributed by atoms with Crippen LogP contribution in [0.15, 0.2) is 24.3 Å². The Morgan fingerprint density at radius 2 is 1.95 bits per heavy atom. The van der Waals surface area contributed by atoms with E-state index in [0.717, 1.165) is 12.1 Å². The number of benzene rings is 1. The molecule has 0 amide bonds. The van der Waals surface area contributed by atoms with Crippen LogP contribution >= 0.6 is 11.8 Å². The number of rotatable bonds is 7. The zero-order valence-corrected chi connectivity index (χ0v) is 13.2. The number of hydrogen-bond acceptors (Lipinski definition) is 3. The molecule has 0 spiro atoms. The highest BCUT2D eigenvalue weighted by Crippen LogP contribution is 2.38. The molecule has 0 saturated heterocycles. The van der Waals surface area contributed by atoms with Crippen LogP contribution in [0.4, 0.5) is 8.78 Å². The van der Waals surface area contributed by atoms with Crippen molar-refractivity contribution in [3.05, 3.63) is 29.8 Å². The van der Waals surface area contributed by atoms with Gasteiger partial charge in [-0.1, -0.05) is 37.5 Å². The molecule has 1 aromatic carbocycles. The van der Waals surface area contributed by atoms with Crippen molar-refractivity contribution < 1.29 is 13.5 Å². The Hall–Kier alpha value is -0.810. The van der Waals surface area contributed by atoms with E-state index in [2.05, 4.69) is 16.3 Å². The molecule has 5 heteroatoms. The number of alkyl halides is 2. The second kappa shape index (κ2) is 7.99. The third-order valence-corrected chi connectivity index (χ3v) is 5.57. The van der Waals surface area contributed by atoms with Gasteiger partial charge in [-0.25, -0.2) is 0 Å². The van der Waals surface area contributed by atoms with Crippen LogP contribution in [-0.4, -0.2) is 24.2 Å². The van der Waals surface area contributed by atoms with Crippen LogP contribution in [0.25, 0.3) is 0 Å². The Kier molecular flexibility index (Phi) is 6.30. The maximum Gasteiger partial charge on any atom is 0.387 e. The number of thioether (sulfide) groups is 1. The normalized spacial score (nSPS) is 17.9. The lowest BCUT2D eigenvalue weighted by atomic mass is 9.88. The Morgan fingerprint density at radius 3 is 2.62 bits per heavy atom. The summed E-state index contributed by atoms with van der Waals surface area (Å²) < 4.78 is 29.6. The minimum Gasteiger partial charge on any atom is -0.434 e. The average molecular weight is 315 g/mol. The molecule has 2 nitrogen and oxygen atoms in total. The van der Waals surface area contributed by atoms with Crippen molar-refractivity contribution in [2.24, 2.45) is 0 Å². The molecule has 0 unspecified atom stereocenters. The summed E-state index contributed by atoms with van der Waals surface area (Å²) in [7, 11) is 0. The molecular formula is C16H23F2NOS. The van der Waals surface area contributed by atoms with Gasteiger partial charge in [0.15, 0.2) is 0 Å². The Labute approximate surface area is 129 Å². The van der Waals surface area contributed by atoms with E-state index in [1.807, 2.05) is 23.9 Å². The molecule has 0 heterocycles. The van der Waals surface area contributed by atoms with Gasteiger partial charge in [0.1, 0.15) is 5.75 Å². The van der Waals surface area contributed by atoms with Crippen LogP contribution in [0.3, 0.4) is 0 Å². The summed E-state index contributed by atoms with van der Waals surface area (Å²) >= 11 is 1.93. The summed E-state index contributed by atoms with van der Waals surface area (Å²) in [6.07, 6.45) is 8.53. The summed E-state index contributed by atoms with van der Waals surface area (Å²) in [4.78, 5) is 0. The Morgan fingerprint density at radius 1 is 1.24 bits per heavy atom. The molecular weight excluding hydrogens is 292 g/mol. The van der Waals surface area contributed by atoms with Gasteiger partial charge in [0, 0.05) is 23.4 Å². The smallest absolute Gasteiger partial charge is 0.387 e. The summed E-state index contributed by atoms with van der Waals surface area (Å²) in [6.45, 7) is -1.30. The zero-order valence-electron chi connectivity index (χ0n) is 12.4. The molecule has 0 bridgehead atoms. The van der Waals surface area contributed by atoms with Crippen molar-refractivity contribution in [1.82, 2.24) is 5.32 Å². The first-order valence-electron chi connectivity index (χ1n) is 7.44. The second-order valence-electron chi connectivity index (χ2n) is 5.54. The van der Waals surface area contributed by atoms with Crippen molar-refractivity contribution in [3.63, 3.8) is 0 Å². The van der Waals surface area contributed by atoms with E-state index in [0.29, 0.717) is 11.3 Å². The van der Waals surface area contributed by atoms with Gasteiger partial charge in [0.25, 0.3) is 0 Å². The number of ether oxygens (including phenoxy) is 1. The van der Waals surface area contributed by atoms with E-state index >= 15 is 0 Å². The first-order chi connectivity index (χ1) is 10.2. The molecule has 0 aromatic heterocycles. The van der Waals surface area contributed by atoms with E-state index < -0.39 is 6.61 Å². The molecule has 0 atom stereocenters. The fraction of sp³-hybridized carbons (Fsp3) is 0.625. The molecule has 1 aliphatic carbocycles. The fourth-order valence-electron chi connectivity index (χ4n) is 2.93. The van der Waals surface area contributed by atoms with E-state index in [1.165, 1.54) is 32.1 Å². The van der Waals surface area contributed by atoms with Gasteiger partial charge < -0.3 is 10.1 Å². The minimum absolute atomic E-state index is 0.266. The van der Waals surface area contributed by atoms with Crippen LogP contribution in [0.1, 0.15) is 37.7 Å². The number of hydrogen-bond donors (Lipinski definition) is 1. The van der Waals surface area contributed by atoms with E-state index in [9.17, 15) is 8.78 Å². The van der Waals surface area contributed by atoms with Gasteiger partial charge in [0.05, 0.1) is 0 Å². The Bertz CT molecular complexity index is 436. The SMILES string of the molecule is CSC1(CNCc2ccccc2OC(F)F)CCCCC1. The Balaban J connectivity index is 1.90. The van der Waals surface area contributed by atoms with E-state index in [-0.39, 0.29) is 5.75 Å². The molecule has 0 aliphatic heterocycles. The molecule has 1 N–H and O–H groups in total. The summed E-state index contributed by atoms with van der Waals surface area (Å²) in [6, 6.07) is 6.98. The van der Waals surface area contributed by atoms with E-state index in [4.69, 9.17) is 0 Å². The van der Waals surface area contributed by atoms with E-state index in [1.54, 1.807) is 12.1 Å². The lowest BCUT2D eigenvalue weighted by molar-refractivity contribution is -0.0505. The third-order valence-electron chi connectivity index (χ3n) is 4.15. The van der Waals surface area contributed by atoms with Gasteiger partial charge >= 0.3 is 6.61 Å². The molecule has 1 aromatic rings. The first-order valence-corrected chi connectivity index (χ1v) is 8.66.